The summed E-state index contributed by atoms with van der Waals surface area (Å²) in [5.74, 6) is 0. The number of anilines is 1. The van der Waals surface area contributed by atoms with E-state index in [1.54, 1.807) is 11.3 Å². The molecule has 0 aliphatic carbocycles. The number of nitrogen functional groups attached to an aromatic ring is 1. The van der Waals surface area contributed by atoms with Crippen LogP contribution < -0.4 is 5.73 Å². The molecule has 14 heavy (non-hydrogen) atoms. The summed E-state index contributed by atoms with van der Waals surface area (Å²) in [6.07, 6.45) is 2.74. The van der Waals surface area contributed by atoms with Crippen LogP contribution in [0.15, 0.2) is 34.9 Å². The second-order valence-corrected chi connectivity index (χ2v) is 5.03. The van der Waals surface area contributed by atoms with E-state index in [2.05, 4.69) is 33.0 Å². The molecule has 2 rings (SSSR count). The molecule has 0 atom stereocenters. The molecule has 0 spiro atoms. The van der Waals surface area contributed by atoms with Gasteiger partial charge in [-0.2, -0.15) is 0 Å². The Hall–Kier alpha value is -0.870. The van der Waals surface area contributed by atoms with Crippen molar-refractivity contribution in [3.63, 3.8) is 0 Å². The van der Waals surface area contributed by atoms with E-state index in [-0.39, 0.29) is 0 Å². The third-order valence-electron chi connectivity index (χ3n) is 1.86. The average molecular weight is 269 g/mol. The highest BCUT2D eigenvalue weighted by molar-refractivity contribution is 9.10. The standard InChI is InChI=1S/C10H9BrN2S/c11-8-3-1-7(2-4-8)5-9-6-13-10(12)14-9/h1-4,6H,5H2,(H2,12,13). The normalized spacial score (nSPS) is 10.4. The van der Waals surface area contributed by atoms with Gasteiger partial charge in [0.05, 0.1) is 0 Å². The topological polar surface area (TPSA) is 38.9 Å². The lowest BCUT2D eigenvalue weighted by Crippen LogP contribution is -1.83. The molecule has 0 unspecified atom stereocenters. The van der Waals surface area contributed by atoms with Crippen LogP contribution >= 0.6 is 27.3 Å². The number of rotatable bonds is 2. The maximum absolute atomic E-state index is 5.56. The fourth-order valence-corrected chi connectivity index (χ4v) is 2.19. The summed E-state index contributed by atoms with van der Waals surface area (Å²) in [4.78, 5) is 5.22. The van der Waals surface area contributed by atoms with Crippen LogP contribution in [0.1, 0.15) is 10.4 Å². The first-order valence-electron chi connectivity index (χ1n) is 4.18. The number of benzene rings is 1. The van der Waals surface area contributed by atoms with Crippen LogP contribution in [-0.4, -0.2) is 4.98 Å². The maximum atomic E-state index is 5.56. The number of nitrogens with zero attached hydrogens (tertiary/aromatic N) is 1. The third kappa shape index (κ3) is 2.33. The molecule has 0 bridgehead atoms. The lowest BCUT2D eigenvalue weighted by molar-refractivity contribution is 1.22. The summed E-state index contributed by atoms with van der Waals surface area (Å²) in [5, 5.41) is 0.636. The van der Waals surface area contributed by atoms with Gasteiger partial charge in [0.2, 0.25) is 0 Å². The Morgan fingerprint density at radius 1 is 1.29 bits per heavy atom. The first-order chi connectivity index (χ1) is 6.74. The van der Waals surface area contributed by atoms with Gasteiger partial charge in [-0.1, -0.05) is 28.1 Å². The summed E-state index contributed by atoms with van der Waals surface area (Å²) in [5.41, 5.74) is 6.83. The van der Waals surface area contributed by atoms with Crippen LogP contribution in [0.2, 0.25) is 0 Å². The van der Waals surface area contributed by atoms with Crippen molar-refractivity contribution in [2.75, 3.05) is 5.73 Å². The summed E-state index contributed by atoms with van der Waals surface area (Å²) in [6, 6.07) is 8.28. The minimum Gasteiger partial charge on any atom is -0.375 e. The molecule has 2 N–H and O–H groups in total. The van der Waals surface area contributed by atoms with Gasteiger partial charge in [0.1, 0.15) is 0 Å². The number of hydrogen-bond donors (Lipinski definition) is 1. The Balaban J connectivity index is 2.15. The average Bonchev–Trinajstić information content (AvgIpc) is 2.56. The zero-order valence-corrected chi connectivity index (χ0v) is 9.81. The van der Waals surface area contributed by atoms with Crippen LogP contribution in [0, 0.1) is 0 Å². The van der Waals surface area contributed by atoms with Crippen molar-refractivity contribution in [2.45, 2.75) is 6.42 Å². The number of aromatic nitrogens is 1. The van der Waals surface area contributed by atoms with Crippen LogP contribution in [-0.2, 0) is 6.42 Å². The monoisotopic (exact) mass is 268 g/mol. The van der Waals surface area contributed by atoms with Gasteiger partial charge in [-0.05, 0) is 17.7 Å². The van der Waals surface area contributed by atoms with Gasteiger partial charge in [0.15, 0.2) is 5.13 Å². The van der Waals surface area contributed by atoms with Crippen LogP contribution in [0.3, 0.4) is 0 Å². The second kappa shape index (κ2) is 4.11. The molecule has 72 valence electrons. The smallest absolute Gasteiger partial charge is 0.180 e. The van der Waals surface area contributed by atoms with Crippen molar-refractivity contribution >= 4 is 32.4 Å². The summed E-state index contributed by atoms with van der Waals surface area (Å²) in [7, 11) is 0. The molecular formula is C10H9BrN2S. The van der Waals surface area contributed by atoms with Crippen molar-refractivity contribution < 1.29 is 0 Å². The molecule has 0 aliphatic rings. The fraction of sp³-hybridized carbons (Fsp3) is 0.100. The molecule has 1 aromatic heterocycles. The number of thiazole rings is 1. The minimum absolute atomic E-state index is 0.636. The van der Waals surface area contributed by atoms with Gasteiger partial charge in [0, 0.05) is 22.0 Å². The van der Waals surface area contributed by atoms with Crippen LogP contribution in [0.4, 0.5) is 5.13 Å². The largest absolute Gasteiger partial charge is 0.375 e. The van der Waals surface area contributed by atoms with Crippen molar-refractivity contribution in [3.05, 3.63) is 45.4 Å². The van der Waals surface area contributed by atoms with Gasteiger partial charge < -0.3 is 5.73 Å². The lowest BCUT2D eigenvalue weighted by atomic mass is 10.1. The highest BCUT2D eigenvalue weighted by Gasteiger charge is 2.00. The highest BCUT2D eigenvalue weighted by atomic mass is 79.9. The molecule has 1 heterocycles. The molecule has 0 saturated heterocycles. The van der Waals surface area contributed by atoms with E-state index in [0.717, 1.165) is 10.9 Å². The van der Waals surface area contributed by atoms with Crippen molar-refractivity contribution in [1.29, 1.82) is 0 Å². The third-order valence-corrected chi connectivity index (χ3v) is 3.22. The summed E-state index contributed by atoms with van der Waals surface area (Å²) < 4.78 is 1.10. The first-order valence-corrected chi connectivity index (χ1v) is 5.79. The fourth-order valence-electron chi connectivity index (χ4n) is 1.21. The van der Waals surface area contributed by atoms with Gasteiger partial charge in [-0.3, -0.25) is 0 Å². The zero-order chi connectivity index (χ0) is 9.97. The van der Waals surface area contributed by atoms with Crippen molar-refractivity contribution in [2.24, 2.45) is 0 Å². The maximum Gasteiger partial charge on any atom is 0.180 e. The molecular weight excluding hydrogens is 260 g/mol. The molecule has 2 aromatic rings. The predicted octanol–water partition coefficient (Wildman–Crippen LogP) is 3.08. The van der Waals surface area contributed by atoms with E-state index in [9.17, 15) is 0 Å². The molecule has 4 heteroatoms. The van der Waals surface area contributed by atoms with E-state index < -0.39 is 0 Å². The lowest BCUT2D eigenvalue weighted by Gasteiger charge is -1.97. The van der Waals surface area contributed by atoms with Gasteiger partial charge in [0.25, 0.3) is 0 Å². The van der Waals surface area contributed by atoms with Crippen molar-refractivity contribution in [3.8, 4) is 0 Å². The number of halogens is 1. The van der Waals surface area contributed by atoms with E-state index in [1.165, 1.54) is 10.4 Å². The Morgan fingerprint density at radius 2 is 2.00 bits per heavy atom. The van der Waals surface area contributed by atoms with E-state index in [4.69, 9.17) is 5.73 Å². The summed E-state index contributed by atoms with van der Waals surface area (Å²) in [6.45, 7) is 0. The SMILES string of the molecule is Nc1ncc(Cc2ccc(Br)cc2)s1. The molecule has 0 aliphatic heterocycles. The van der Waals surface area contributed by atoms with E-state index >= 15 is 0 Å². The van der Waals surface area contributed by atoms with Gasteiger partial charge in [-0.25, -0.2) is 4.98 Å². The molecule has 0 radical (unpaired) electrons. The van der Waals surface area contributed by atoms with Crippen LogP contribution in [0.25, 0.3) is 0 Å². The second-order valence-electron chi connectivity index (χ2n) is 2.97. The summed E-state index contributed by atoms with van der Waals surface area (Å²) >= 11 is 4.95. The predicted molar refractivity (Wildman–Crippen MR) is 63.5 cm³/mol. The highest BCUT2D eigenvalue weighted by Crippen LogP contribution is 2.19. The molecule has 0 amide bonds. The van der Waals surface area contributed by atoms with E-state index in [0.29, 0.717) is 5.13 Å². The van der Waals surface area contributed by atoms with Crippen molar-refractivity contribution in [1.82, 2.24) is 4.98 Å². The van der Waals surface area contributed by atoms with Crippen LogP contribution in [0.5, 0.6) is 0 Å². The van der Waals surface area contributed by atoms with Gasteiger partial charge >= 0.3 is 0 Å². The van der Waals surface area contributed by atoms with E-state index in [1.807, 2.05) is 18.3 Å². The number of nitrogens with two attached hydrogens (primary N) is 1. The molecule has 0 saturated carbocycles. The quantitative estimate of drug-likeness (QED) is 0.909. The number of hydrogen-bond acceptors (Lipinski definition) is 3. The Morgan fingerprint density at radius 3 is 2.57 bits per heavy atom. The van der Waals surface area contributed by atoms with Gasteiger partial charge in [-0.15, -0.1) is 11.3 Å². The first kappa shape index (κ1) is 9.68. The zero-order valence-electron chi connectivity index (χ0n) is 7.40. The molecule has 1 aromatic carbocycles. The molecule has 0 fully saturated rings. The Kier molecular flexibility index (Phi) is 2.84. The molecule has 2 nitrogen and oxygen atoms in total. The Bertz CT molecular complexity index is 422. The minimum atomic E-state index is 0.636. The Labute approximate surface area is 94.9 Å².